The van der Waals surface area contributed by atoms with Crippen LogP contribution in [0.25, 0.3) is 0 Å². The summed E-state index contributed by atoms with van der Waals surface area (Å²) >= 11 is 0. The first-order valence-corrected chi connectivity index (χ1v) is 10.7. The molecule has 32 heavy (non-hydrogen) atoms. The molecule has 1 amide bonds. The van der Waals surface area contributed by atoms with Gasteiger partial charge in [0.25, 0.3) is 0 Å². The summed E-state index contributed by atoms with van der Waals surface area (Å²) < 4.78 is 44.0. The average molecular weight is 454 g/mol. The summed E-state index contributed by atoms with van der Waals surface area (Å²) in [5.74, 6) is -0.684. The quantitative estimate of drug-likeness (QED) is 0.537. The Hall–Kier alpha value is -2.82. The van der Waals surface area contributed by atoms with E-state index in [1.54, 1.807) is 12.4 Å². The minimum atomic E-state index is -4.93. The van der Waals surface area contributed by atoms with Crippen LogP contribution in [0.15, 0.2) is 24.3 Å². The Bertz CT molecular complexity index is 881. The number of hydrogen-bond donors (Lipinski definition) is 2. The van der Waals surface area contributed by atoms with E-state index >= 15 is 0 Å². The first kappa shape index (κ1) is 23.8. The van der Waals surface area contributed by atoms with Crippen LogP contribution in [-0.4, -0.2) is 58.0 Å². The number of aromatic nitrogens is 3. The Morgan fingerprint density at radius 3 is 2.75 bits per heavy atom. The summed E-state index contributed by atoms with van der Waals surface area (Å²) in [6.45, 7) is 3.90. The zero-order valence-electron chi connectivity index (χ0n) is 18.1. The van der Waals surface area contributed by atoms with Crippen molar-refractivity contribution in [3.8, 4) is 5.75 Å². The number of piperidine rings is 1. The maximum atomic E-state index is 12.2. The molecule has 0 bridgehead atoms. The first-order valence-electron chi connectivity index (χ1n) is 10.7. The Morgan fingerprint density at radius 1 is 1.22 bits per heavy atom. The number of alkyl halides is 3. The molecule has 0 spiro atoms. The van der Waals surface area contributed by atoms with Gasteiger partial charge in [-0.2, -0.15) is 23.3 Å². The Labute approximate surface area is 185 Å². The van der Waals surface area contributed by atoms with Gasteiger partial charge in [-0.3, -0.25) is 9.69 Å². The molecule has 3 rings (SSSR count). The van der Waals surface area contributed by atoms with Crippen molar-refractivity contribution < 1.29 is 22.7 Å². The van der Waals surface area contributed by atoms with Crippen molar-refractivity contribution in [3.05, 3.63) is 35.7 Å². The van der Waals surface area contributed by atoms with E-state index in [0.717, 1.165) is 25.4 Å². The van der Waals surface area contributed by atoms with Crippen molar-refractivity contribution in [1.82, 2.24) is 25.0 Å². The van der Waals surface area contributed by atoms with Crippen molar-refractivity contribution in [2.45, 2.75) is 44.9 Å². The van der Waals surface area contributed by atoms with E-state index in [-0.39, 0.29) is 5.82 Å². The van der Waals surface area contributed by atoms with Crippen LogP contribution in [0.1, 0.15) is 37.1 Å². The van der Waals surface area contributed by atoms with Crippen molar-refractivity contribution >= 4 is 11.9 Å². The molecule has 1 aliphatic heterocycles. The number of halogens is 3. The second-order valence-corrected chi connectivity index (χ2v) is 7.77. The molecule has 8 nitrogen and oxygen atoms in total. The van der Waals surface area contributed by atoms with E-state index in [2.05, 4.69) is 32.4 Å². The zero-order chi connectivity index (χ0) is 23.0. The fraction of sp³-hybridized carbons (Fsp3) is 0.571. The van der Waals surface area contributed by atoms with E-state index in [1.807, 2.05) is 12.1 Å². The number of nitrogens with one attached hydrogen (secondary N) is 2. The van der Waals surface area contributed by atoms with Gasteiger partial charge in [-0.25, -0.2) is 4.68 Å². The summed E-state index contributed by atoms with van der Waals surface area (Å²) in [6, 6.07) is 8.14. The zero-order valence-corrected chi connectivity index (χ0v) is 18.1. The third kappa shape index (κ3) is 7.40. The minimum Gasteiger partial charge on any atom is -0.494 e. The molecule has 2 aromatic rings. The van der Waals surface area contributed by atoms with E-state index in [9.17, 15) is 18.0 Å². The number of likely N-dealkylation sites (tertiary alicyclic amines) is 1. The highest BCUT2D eigenvalue weighted by atomic mass is 19.4. The molecular formula is C21H29F3N6O2. The van der Waals surface area contributed by atoms with E-state index in [0.29, 0.717) is 25.5 Å². The van der Waals surface area contributed by atoms with Crippen molar-refractivity contribution in [2.75, 3.05) is 31.6 Å². The second-order valence-electron chi connectivity index (χ2n) is 7.77. The van der Waals surface area contributed by atoms with Crippen molar-refractivity contribution in [1.29, 1.82) is 0 Å². The van der Waals surface area contributed by atoms with Crippen molar-refractivity contribution in [2.24, 2.45) is 7.05 Å². The SMILES string of the molecule is Cn1nc(CNC(=O)C(F)(F)F)nc1NCCCOc1cccc(CN2CCCCC2)c1. The maximum absolute atomic E-state index is 12.2. The van der Waals surface area contributed by atoms with Crippen LogP contribution in [0, 0.1) is 0 Å². The fourth-order valence-corrected chi connectivity index (χ4v) is 3.50. The van der Waals surface area contributed by atoms with Crippen LogP contribution in [0.3, 0.4) is 0 Å². The van der Waals surface area contributed by atoms with Crippen LogP contribution in [-0.2, 0) is 24.9 Å². The molecule has 1 aromatic heterocycles. The summed E-state index contributed by atoms with van der Waals surface area (Å²) in [7, 11) is 1.62. The number of hydrogen-bond acceptors (Lipinski definition) is 6. The minimum absolute atomic E-state index is 0.0920. The number of rotatable bonds is 10. The second kappa shape index (κ2) is 11.2. The Morgan fingerprint density at radius 2 is 2.00 bits per heavy atom. The largest absolute Gasteiger partial charge is 0.494 e. The molecule has 1 aromatic carbocycles. The lowest BCUT2D eigenvalue weighted by molar-refractivity contribution is -0.173. The first-order chi connectivity index (χ1) is 15.3. The van der Waals surface area contributed by atoms with Gasteiger partial charge < -0.3 is 15.4 Å². The molecule has 2 N–H and O–H groups in total. The summed E-state index contributed by atoms with van der Waals surface area (Å²) in [4.78, 5) is 17.4. The number of aryl methyl sites for hydroxylation is 1. The molecule has 1 saturated heterocycles. The number of amides is 1. The number of anilines is 1. The van der Waals surface area contributed by atoms with Crippen LogP contribution >= 0.6 is 0 Å². The van der Waals surface area contributed by atoms with E-state index < -0.39 is 18.6 Å². The standard InChI is InChI=1S/C21H29F3N6O2/c1-29-20(27-18(28-29)14-26-19(31)21(22,23)24)25-9-6-12-32-17-8-5-7-16(13-17)15-30-10-3-2-4-11-30/h5,7-8,13H,2-4,6,9-12,14-15H2,1H3,(H,26,31)(H,25,27,28). The maximum Gasteiger partial charge on any atom is 0.471 e. The molecule has 0 unspecified atom stereocenters. The van der Waals surface area contributed by atoms with Gasteiger partial charge in [-0.05, 0) is 50.0 Å². The topological polar surface area (TPSA) is 84.3 Å². The lowest BCUT2D eigenvalue weighted by Gasteiger charge is -2.26. The van der Waals surface area contributed by atoms with Gasteiger partial charge in [0, 0.05) is 20.1 Å². The third-order valence-electron chi connectivity index (χ3n) is 5.10. The molecule has 1 fully saturated rings. The van der Waals surface area contributed by atoms with Crippen LogP contribution in [0.4, 0.5) is 19.1 Å². The Balaban J connectivity index is 1.37. The Kier molecular flexibility index (Phi) is 8.32. The normalized spacial score (nSPS) is 14.9. The van der Waals surface area contributed by atoms with Crippen molar-refractivity contribution in [3.63, 3.8) is 0 Å². The predicted octanol–water partition coefficient (Wildman–Crippen LogP) is 2.86. The number of benzene rings is 1. The lowest BCUT2D eigenvalue weighted by Crippen LogP contribution is -2.36. The van der Waals surface area contributed by atoms with Gasteiger partial charge in [0.05, 0.1) is 13.2 Å². The van der Waals surface area contributed by atoms with Crippen LogP contribution in [0.5, 0.6) is 5.75 Å². The van der Waals surface area contributed by atoms with E-state index in [4.69, 9.17) is 4.74 Å². The molecule has 0 saturated carbocycles. The predicted molar refractivity (Wildman–Crippen MR) is 113 cm³/mol. The van der Waals surface area contributed by atoms with Gasteiger partial charge in [-0.15, -0.1) is 0 Å². The molecule has 0 radical (unpaired) electrons. The van der Waals surface area contributed by atoms with Gasteiger partial charge >= 0.3 is 12.1 Å². The highest BCUT2D eigenvalue weighted by molar-refractivity contribution is 5.81. The fourth-order valence-electron chi connectivity index (χ4n) is 3.50. The van der Waals surface area contributed by atoms with E-state index in [1.165, 1.54) is 29.5 Å². The van der Waals surface area contributed by atoms with Gasteiger partial charge in [0.2, 0.25) is 5.95 Å². The monoisotopic (exact) mass is 454 g/mol. The van der Waals surface area contributed by atoms with Gasteiger partial charge in [-0.1, -0.05) is 18.6 Å². The summed E-state index contributed by atoms with van der Waals surface area (Å²) in [5, 5.41) is 8.82. The molecule has 2 heterocycles. The molecule has 176 valence electrons. The average Bonchev–Trinajstić information content (AvgIpc) is 3.11. The summed E-state index contributed by atoms with van der Waals surface area (Å²) in [6.07, 6.45) is -0.388. The van der Waals surface area contributed by atoms with Gasteiger partial charge in [0.15, 0.2) is 5.82 Å². The molecule has 11 heteroatoms. The molecule has 0 atom stereocenters. The molecule has 1 aliphatic rings. The summed E-state index contributed by atoms with van der Waals surface area (Å²) in [5.41, 5.74) is 1.24. The highest BCUT2D eigenvalue weighted by Crippen LogP contribution is 2.18. The third-order valence-corrected chi connectivity index (χ3v) is 5.10. The smallest absolute Gasteiger partial charge is 0.471 e. The number of nitrogens with zero attached hydrogens (tertiary/aromatic N) is 4. The van der Waals surface area contributed by atoms with Crippen LogP contribution < -0.4 is 15.4 Å². The number of carbonyl (C=O) groups excluding carboxylic acids is 1. The number of carbonyl (C=O) groups is 1. The van der Waals surface area contributed by atoms with Gasteiger partial charge in [0.1, 0.15) is 5.75 Å². The molecule has 0 aliphatic carbocycles. The highest BCUT2D eigenvalue weighted by Gasteiger charge is 2.38. The lowest BCUT2D eigenvalue weighted by atomic mass is 10.1. The molecular weight excluding hydrogens is 425 g/mol. The number of ether oxygens (including phenoxy) is 1. The van der Waals surface area contributed by atoms with Crippen LogP contribution in [0.2, 0.25) is 0 Å².